The fourth-order valence-electron chi connectivity index (χ4n) is 2.34. The Balaban J connectivity index is 2.84. The molecule has 2 N–H and O–H groups in total. The zero-order valence-electron chi connectivity index (χ0n) is 11.2. The lowest BCUT2D eigenvalue weighted by atomic mass is 9.94. The Morgan fingerprint density at radius 2 is 1.76 bits per heavy atom. The van der Waals surface area contributed by atoms with E-state index in [0.29, 0.717) is 5.92 Å². The van der Waals surface area contributed by atoms with Gasteiger partial charge in [0.25, 0.3) is 0 Å². The molecule has 0 spiro atoms. The molecular formula is C15H22N2. The van der Waals surface area contributed by atoms with Gasteiger partial charge in [-0.15, -0.1) is 0 Å². The summed E-state index contributed by atoms with van der Waals surface area (Å²) in [5, 5.41) is 9.02. The van der Waals surface area contributed by atoms with Crippen LogP contribution in [0, 0.1) is 31.1 Å². The van der Waals surface area contributed by atoms with Crippen LogP contribution < -0.4 is 5.73 Å². The van der Waals surface area contributed by atoms with Crippen LogP contribution in [0.5, 0.6) is 0 Å². The monoisotopic (exact) mass is 230 g/mol. The number of nitriles is 1. The summed E-state index contributed by atoms with van der Waals surface area (Å²) in [6, 6.07) is 6.63. The molecular weight excluding hydrogens is 208 g/mol. The topological polar surface area (TPSA) is 49.8 Å². The summed E-state index contributed by atoms with van der Waals surface area (Å²) in [6.07, 6.45) is 1.93. The summed E-state index contributed by atoms with van der Waals surface area (Å²) >= 11 is 0. The molecule has 0 fully saturated rings. The molecule has 0 radical (unpaired) electrons. The largest absolute Gasteiger partial charge is 0.327 e. The van der Waals surface area contributed by atoms with Crippen LogP contribution in [0.2, 0.25) is 0 Å². The third-order valence-corrected chi connectivity index (χ3v) is 2.98. The molecule has 2 nitrogen and oxygen atoms in total. The quantitative estimate of drug-likeness (QED) is 0.864. The van der Waals surface area contributed by atoms with Crippen LogP contribution in [-0.2, 0) is 6.42 Å². The van der Waals surface area contributed by atoms with E-state index in [1.54, 1.807) is 0 Å². The standard InChI is InChI=1S/C15H22N2/c1-10(2)5-14(17)8-13-6-11(3)15(9-16)12(4)7-13/h6-7,10,14H,5,8,17H2,1-4H3. The molecule has 0 bridgehead atoms. The summed E-state index contributed by atoms with van der Waals surface area (Å²) in [4.78, 5) is 0. The van der Waals surface area contributed by atoms with Crippen LogP contribution in [0.3, 0.4) is 0 Å². The SMILES string of the molecule is Cc1cc(CC(N)CC(C)C)cc(C)c1C#N. The number of aryl methyl sites for hydroxylation is 2. The van der Waals surface area contributed by atoms with Crippen molar-refractivity contribution in [3.8, 4) is 6.07 Å². The lowest BCUT2D eigenvalue weighted by Crippen LogP contribution is -2.24. The first-order valence-corrected chi connectivity index (χ1v) is 6.19. The van der Waals surface area contributed by atoms with Crippen molar-refractivity contribution in [2.45, 2.75) is 46.6 Å². The van der Waals surface area contributed by atoms with Gasteiger partial charge in [-0.05, 0) is 49.3 Å². The Morgan fingerprint density at radius 1 is 1.24 bits per heavy atom. The molecule has 0 aromatic heterocycles. The first kappa shape index (κ1) is 13.7. The first-order valence-electron chi connectivity index (χ1n) is 6.19. The molecule has 92 valence electrons. The second-order valence-corrected chi connectivity index (χ2v) is 5.31. The molecule has 1 atom stereocenters. The molecule has 1 unspecified atom stereocenters. The van der Waals surface area contributed by atoms with Crippen LogP contribution in [0.4, 0.5) is 0 Å². The second-order valence-electron chi connectivity index (χ2n) is 5.31. The summed E-state index contributed by atoms with van der Waals surface area (Å²) in [7, 11) is 0. The Kier molecular flexibility index (Phi) is 4.72. The van der Waals surface area contributed by atoms with E-state index in [0.717, 1.165) is 29.5 Å². The third kappa shape index (κ3) is 3.87. The molecule has 0 heterocycles. The van der Waals surface area contributed by atoms with E-state index in [-0.39, 0.29) is 6.04 Å². The van der Waals surface area contributed by atoms with E-state index in [1.165, 1.54) is 5.56 Å². The van der Waals surface area contributed by atoms with Gasteiger partial charge in [0.2, 0.25) is 0 Å². The van der Waals surface area contributed by atoms with Crippen LogP contribution in [0.25, 0.3) is 0 Å². The Hall–Kier alpha value is -1.33. The highest BCUT2D eigenvalue weighted by molar-refractivity contribution is 5.45. The fourth-order valence-corrected chi connectivity index (χ4v) is 2.34. The van der Waals surface area contributed by atoms with Gasteiger partial charge in [-0.1, -0.05) is 26.0 Å². The number of hydrogen-bond acceptors (Lipinski definition) is 2. The van der Waals surface area contributed by atoms with Crippen LogP contribution in [0.15, 0.2) is 12.1 Å². The van der Waals surface area contributed by atoms with E-state index < -0.39 is 0 Å². The lowest BCUT2D eigenvalue weighted by Gasteiger charge is -2.15. The molecule has 17 heavy (non-hydrogen) atoms. The zero-order valence-corrected chi connectivity index (χ0v) is 11.2. The van der Waals surface area contributed by atoms with Crippen LogP contribution in [0.1, 0.15) is 42.5 Å². The molecule has 0 saturated heterocycles. The molecule has 0 amide bonds. The minimum atomic E-state index is 0.210. The average molecular weight is 230 g/mol. The van der Waals surface area contributed by atoms with E-state index in [2.05, 4.69) is 32.0 Å². The van der Waals surface area contributed by atoms with Crippen molar-refractivity contribution in [1.29, 1.82) is 5.26 Å². The van der Waals surface area contributed by atoms with Crippen molar-refractivity contribution in [3.05, 3.63) is 34.4 Å². The highest BCUT2D eigenvalue weighted by atomic mass is 14.6. The zero-order chi connectivity index (χ0) is 13.0. The number of hydrogen-bond donors (Lipinski definition) is 1. The average Bonchev–Trinajstić information content (AvgIpc) is 2.15. The van der Waals surface area contributed by atoms with Crippen LogP contribution in [-0.4, -0.2) is 6.04 Å². The van der Waals surface area contributed by atoms with Crippen LogP contribution >= 0.6 is 0 Å². The number of rotatable bonds is 4. The molecule has 1 rings (SSSR count). The summed E-state index contributed by atoms with van der Waals surface area (Å²) < 4.78 is 0. The molecule has 0 saturated carbocycles. The van der Waals surface area contributed by atoms with Gasteiger partial charge < -0.3 is 5.73 Å². The molecule has 0 aliphatic heterocycles. The maximum absolute atomic E-state index is 9.02. The lowest BCUT2D eigenvalue weighted by molar-refractivity contribution is 0.493. The Bertz CT molecular complexity index is 404. The maximum Gasteiger partial charge on any atom is 0.0997 e. The van der Waals surface area contributed by atoms with E-state index in [9.17, 15) is 0 Å². The van der Waals surface area contributed by atoms with E-state index in [4.69, 9.17) is 11.0 Å². The summed E-state index contributed by atoms with van der Waals surface area (Å²) in [5.74, 6) is 0.630. The van der Waals surface area contributed by atoms with Crippen molar-refractivity contribution in [1.82, 2.24) is 0 Å². The van der Waals surface area contributed by atoms with Gasteiger partial charge in [-0.2, -0.15) is 5.26 Å². The van der Waals surface area contributed by atoms with Gasteiger partial charge in [0, 0.05) is 6.04 Å². The second kappa shape index (κ2) is 5.84. The minimum Gasteiger partial charge on any atom is -0.327 e. The smallest absolute Gasteiger partial charge is 0.0997 e. The summed E-state index contributed by atoms with van der Waals surface area (Å²) in [5.41, 5.74) is 10.3. The number of benzene rings is 1. The van der Waals surface area contributed by atoms with Gasteiger partial charge in [0.1, 0.15) is 0 Å². The highest BCUT2D eigenvalue weighted by Crippen LogP contribution is 2.17. The minimum absolute atomic E-state index is 0.210. The number of nitrogens with two attached hydrogens (primary N) is 1. The predicted octanol–water partition coefficient (Wildman–Crippen LogP) is 3.09. The van der Waals surface area contributed by atoms with Gasteiger partial charge >= 0.3 is 0 Å². The van der Waals surface area contributed by atoms with Crippen molar-refractivity contribution in [2.24, 2.45) is 11.7 Å². The predicted molar refractivity (Wildman–Crippen MR) is 71.8 cm³/mol. The van der Waals surface area contributed by atoms with Gasteiger partial charge in [0.15, 0.2) is 0 Å². The molecule has 2 heteroatoms. The van der Waals surface area contributed by atoms with Crippen molar-refractivity contribution < 1.29 is 0 Å². The molecule has 0 aliphatic rings. The highest BCUT2D eigenvalue weighted by Gasteiger charge is 2.09. The maximum atomic E-state index is 9.02. The van der Waals surface area contributed by atoms with Gasteiger partial charge in [-0.25, -0.2) is 0 Å². The Labute approximate surface area is 104 Å². The normalized spacial score (nSPS) is 12.5. The molecule has 1 aromatic rings. The first-order chi connectivity index (χ1) is 7.93. The molecule has 1 aromatic carbocycles. The summed E-state index contributed by atoms with van der Waals surface area (Å²) in [6.45, 7) is 8.36. The van der Waals surface area contributed by atoms with Crippen molar-refractivity contribution in [2.75, 3.05) is 0 Å². The van der Waals surface area contributed by atoms with Gasteiger partial charge in [-0.3, -0.25) is 0 Å². The third-order valence-electron chi connectivity index (χ3n) is 2.98. The fraction of sp³-hybridized carbons (Fsp3) is 0.533. The van der Waals surface area contributed by atoms with Crippen molar-refractivity contribution >= 4 is 0 Å². The van der Waals surface area contributed by atoms with Gasteiger partial charge in [0.05, 0.1) is 11.6 Å². The molecule has 0 aliphatic carbocycles. The van der Waals surface area contributed by atoms with E-state index in [1.807, 2.05) is 13.8 Å². The van der Waals surface area contributed by atoms with E-state index >= 15 is 0 Å². The Morgan fingerprint density at radius 3 is 2.18 bits per heavy atom. The van der Waals surface area contributed by atoms with Crippen molar-refractivity contribution in [3.63, 3.8) is 0 Å². The number of nitrogens with zero attached hydrogens (tertiary/aromatic N) is 1.